The zero-order chi connectivity index (χ0) is 22.6. The first-order valence-electron chi connectivity index (χ1n) is 9.98. The van der Waals surface area contributed by atoms with E-state index in [0.29, 0.717) is 12.8 Å². The molecule has 0 amide bonds. The number of benzene rings is 2. The lowest BCUT2D eigenvalue weighted by atomic mass is 9.91. The van der Waals surface area contributed by atoms with Crippen molar-refractivity contribution in [3.8, 4) is 0 Å². The Hall–Kier alpha value is -2.20. The van der Waals surface area contributed by atoms with Crippen LogP contribution in [-0.2, 0) is 28.6 Å². The van der Waals surface area contributed by atoms with Gasteiger partial charge in [0.05, 0.1) is 25.7 Å². The van der Waals surface area contributed by atoms with Gasteiger partial charge >= 0.3 is 0 Å². The van der Waals surface area contributed by atoms with Crippen LogP contribution < -0.4 is 4.90 Å². The zero-order valence-electron chi connectivity index (χ0n) is 17.9. The quantitative estimate of drug-likeness (QED) is 0.520. The molecular formula is C22H27NO6S2. The summed E-state index contributed by atoms with van der Waals surface area (Å²) in [5.74, 6) is 0. The maximum absolute atomic E-state index is 11.5. The van der Waals surface area contributed by atoms with E-state index in [0.717, 1.165) is 52.7 Å². The van der Waals surface area contributed by atoms with E-state index in [4.69, 9.17) is 8.37 Å². The number of hydrogen-bond donors (Lipinski definition) is 0. The van der Waals surface area contributed by atoms with Crippen molar-refractivity contribution in [1.29, 1.82) is 0 Å². The highest BCUT2D eigenvalue weighted by Gasteiger charge is 2.25. The van der Waals surface area contributed by atoms with Crippen molar-refractivity contribution in [2.75, 3.05) is 37.2 Å². The van der Waals surface area contributed by atoms with Crippen molar-refractivity contribution in [1.82, 2.24) is 0 Å². The van der Waals surface area contributed by atoms with Crippen molar-refractivity contribution < 1.29 is 25.2 Å². The number of anilines is 2. The number of fused-ring (bicyclic) bond motifs is 2. The maximum atomic E-state index is 11.5. The lowest BCUT2D eigenvalue weighted by Crippen LogP contribution is -2.17. The molecule has 0 spiro atoms. The minimum absolute atomic E-state index is 0.00672. The first-order chi connectivity index (χ1) is 14.6. The summed E-state index contributed by atoms with van der Waals surface area (Å²) >= 11 is 0. The van der Waals surface area contributed by atoms with E-state index in [-0.39, 0.29) is 13.2 Å². The predicted octanol–water partition coefficient (Wildman–Crippen LogP) is 3.80. The van der Waals surface area contributed by atoms with Crippen LogP contribution in [0.2, 0.25) is 0 Å². The Morgan fingerprint density at radius 3 is 1.45 bits per heavy atom. The van der Waals surface area contributed by atoms with Crippen molar-refractivity contribution in [3.05, 3.63) is 59.7 Å². The number of para-hydroxylation sites is 2. The Morgan fingerprint density at radius 2 is 1.10 bits per heavy atom. The topological polar surface area (TPSA) is 90.0 Å². The Morgan fingerprint density at radius 1 is 0.710 bits per heavy atom. The molecule has 0 aromatic heterocycles. The standard InChI is InChI=1S/C22H27NO6S2/c1-4-23-21-11-7-5-9-19(21)17(13-15-28-30(2,24)25)18(14-16-29-31(3,26)27)20-10-6-8-12-22(20)23/h5-12H,4,13-16H2,1-3H3. The van der Waals surface area contributed by atoms with Crippen LogP contribution in [0, 0.1) is 0 Å². The Bertz CT molecular complexity index is 1090. The Labute approximate surface area is 184 Å². The summed E-state index contributed by atoms with van der Waals surface area (Å²) in [6.07, 6.45) is 2.75. The molecule has 9 heteroatoms. The second-order valence-electron chi connectivity index (χ2n) is 7.29. The molecule has 0 bridgehead atoms. The molecule has 0 radical (unpaired) electrons. The third kappa shape index (κ3) is 5.94. The van der Waals surface area contributed by atoms with E-state index in [1.807, 2.05) is 48.5 Å². The van der Waals surface area contributed by atoms with Crippen LogP contribution in [-0.4, -0.2) is 49.1 Å². The number of hydrogen-bond acceptors (Lipinski definition) is 7. The molecule has 0 N–H and O–H groups in total. The Balaban J connectivity index is 2.16. The number of nitrogens with zero attached hydrogens (tertiary/aromatic N) is 1. The van der Waals surface area contributed by atoms with E-state index in [1.165, 1.54) is 0 Å². The molecule has 0 saturated heterocycles. The summed E-state index contributed by atoms with van der Waals surface area (Å²) in [5.41, 5.74) is 5.77. The number of rotatable bonds is 9. The predicted molar refractivity (Wildman–Crippen MR) is 123 cm³/mol. The summed E-state index contributed by atoms with van der Waals surface area (Å²) in [4.78, 5) is 2.20. The van der Waals surface area contributed by atoms with Gasteiger partial charge in [0.1, 0.15) is 0 Å². The van der Waals surface area contributed by atoms with Crippen LogP contribution in [0.5, 0.6) is 0 Å². The van der Waals surface area contributed by atoms with Gasteiger partial charge in [-0.1, -0.05) is 36.4 Å². The summed E-state index contributed by atoms with van der Waals surface area (Å²) in [6, 6.07) is 15.9. The fourth-order valence-corrected chi connectivity index (χ4v) is 4.66. The van der Waals surface area contributed by atoms with Gasteiger partial charge in [0.25, 0.3) is 20.2 Å². The van der Waals surface area contributed by atoms with E-state index in [2.05, 4.69) is 11.8 Å². The third-order valence-electron chi connectivity index (χ3n) is 5.02. The van der Waals surface area contributed by atoms with Crippen molar-refractivity contribution in [2.24, 2.45) is 0 Å². The SMILES string of the molecule is CCN1c2ccccc2C(CCOS(C)(=O)=O)=C(CCOS(C)(=O)=O)c2ccccc21. The summed E-state index contributed by atoms with van der Waals surface area (Å²) in [5, 5.41) is 0. The van der Waals surface area contributed by atoms with Crippen LogP contribution >= 0.6 is 0 Å². The molecular weight excluding hydrogens is 438 g/mol. The van der Waals surface area contributed by atoms with E-state index in [9.17, 15) is 16.8 Å². The van der Waals surface area contributed by atoms with Gasteiger partial charge < -0.3 is 4.90 Å². The second kappa shape index (κ2) is 9.52. The zero-order valence-corrected chi connectivity index (χ0v) is 19.5. The average molecular weight is 466 g/mol. The van der Waals surface area contributed by atoms with E-state index < -0.39 is 20.2 Å². The molecule has 0 saturated carbocycles. The molecule has 3 rings (SSSR count). The van der Waals surface area contributed by atoms with Gasteiger partial charge in [0, 0.05) is 29.0 Å². The molecule has 0 aliphatic carbocycles. The largest absolute Gasteiger partial charge is 0.341 e. The van der Waals surface area contributed by atoms with Crippen LogP contribution in [0.1, 0.15) is 30.9 Å². The average Bonchev–Trinajstić information content (AvgIpc) is 2.79. The van der Waals surface area contributed by atoms with Gasteiger partial charge in [0.15, 0.2) is 0 Å². The van der Waals surface area contributed by atoms with Crippen molar-refractivity contribution in [3.63, 3.8) is 0 Å². The second-order valence-corrected chi connectivity index (χ2v) is 10.6. The van der Waals surface area contributed by atoms with Crippen LogP contribution in [0.25, 0.3) is 11.1 Å². The first-order valence-corrected chi connectivity index (χ1v) is 13.6. The van der Waals surface area contributed by atoms with Crippen molar-refractivity contribution >= 4 is 42.8 Å². The minimum atomic E-state index is -3.58. The summed E-state index contributed by atoms with van der Waals surface area (Å²) in [6.45, 7) is 2.78. The molecule has 1 aliphatic heterocycles. The Kier molecular flexibility index (Phi) is 7.20. The minimum Gasteiger partial charge on any atom is -0.341 e. The lowest BCUT2D eigenvalue weighted by Gasteiger charge is -2.26. The molecule has 0 unspecified atom stereocenters. The molecule has 2 aromatic rings. The molecule has 7 nitrogen and oxygen atoms in total. The highest BCUT2D eigenvalue weighted by molar-refractivity contribution is 7.86. The van der Waals surface area contributed by atoms with Crippen molar-refractivity contribution in [2.45, 2.75) is 19.8 Å². The van der Waals surface area contributed by atoms with Crippen LogP contribution in [0.3, 0.4) is 0 Å². The molecule has 1 aliphatic rings. The van der Waals surface area contributed by atoms with E-state index in [1.54, 1.807) is 0 Å². The molecule has 31 heavy (non-hydrogen) atoms. The molecule has 2 aromatic carbocycles. The molecule has 0 fully saturated rings. The fraction of sp³-hybridized carbons (Fsp3) is 0.364. The van der Waals surface area contributed by atoms with Gasteiger partial charge in [-0.3, -0.25) is 8.37 Å². The molecule has 1 heterocycles. The van der Waals surface area contributed by atoms with Gasteiger partial charge in [0.2, 0.25) is 0 Å². The first kappa shape index (κ1) is 23.5. The summed E-state index contributed by atoms with van der Waals surface area (Å²) < 4.78 is 56.1. The van der Waals surface area contributed by atoms with Gasteiger partial charge in [-0.2, -0.15) is 16.8 Å². The highest BCUT2D eigenvalue weighted by atomic mass is 32.2. The molecule has 168 valence electrons. The smallest absolute Gasteiger partial charge is 0.264 e. The normalized spacial score (nSPS) is 14.2. The monoisotopic (exact) mass is 465 g/mol. The molecule has 0 atom stereocenters. The van der Waals surface area contributed by atoms with Gasteiger partial charge in [-0.25, -0.2) is 0 Å². The lowest BCUT2D eigenvalue weighted by molar-refractivity contribution is 0.327. The van der Waals surface area contributed by atoms with Gasteiger partial charge in [-0.15, -0.1) is 0 Å². The van der Waals surface area contributed by atoms with Crippen LogP contribution in [0.15, 0.2) is 48.5 Å². The maximum Gasteiger partial charge on any atom is 0.264 e. The summed E-state index contributed by atoms with van der Waals surface area (Å²) in [7, 11) is -7.16. The van der Waals surface area contributed by atoms with Crippen LogP contribution in [0.4, 0.5) is 11.4 Å². The van der Waals surface area contributed by atoms with E-state index >= 15 is 0 Å². The van der Waals surface area contributed by atoms with Gasteiger partial charge in [-0.05, 0) is 43.0 Å². The fourth-order valence-electron chi connectivity index (χ4n) is 3.89. The highest BCUT2D eigenvalue weighted by Crippen LogP contribution is 2.45. The third-order valence-corrected chi connectivity index (χ3v) is 6.21.